The number of anilines is 1. The highest BCUT2D eigenvalue weighted by molar-refractivity contribution is 14.1. The van der Waals surface area contributed by atoms with Crippen LogP contribution >= 0.6 is 22.6 Å². The number of H-pyrrole nitrogens is 1. The number of benzene rings is 2. The number of carbonyl (C=O) groups excluding carboxylic acids is 1. The monoisotopic (exact) mass is 389 g/mol. The van der Waals surface area contributed by atoms with Gasteiger partial charge in [-0.3, -0.25) is 9.89 Å². The van der Waals surface area contributed by atoms with Gasteiger partial charge in [0.1, 0.15) is 5.69 Å². The van der Waals surface area contributed by atoms with Crippen molar-refractivity contribution in [2.24, 2.45) is 0 Å². The molecule has 0 spiro atoms. The molecule has 0 radical (unpaired) electrons. The Hall–Kier alpha value is -2.15. The van der Waals surface area contributed by atoms with Crippen LogP contribution in [-0.2, 0) is 0 Å². The number of aromatic nitrogens is 2. The van der Waals surface area contributed by atoms with Crippen molar-refractivity contribution in [3.63, 3.8) is 0 Å². The second-order valence-electron chi connectivity index (χ2n) is 4.49. The zero-order chi connectivity index (χ0) is 14.7. The van der Waals surface area contributed by atoms with E-state index < -0.39 is 0 Å². The van der Waals surface area contributed by atoms with E-state index in [1.165, 1.54) is 0 Å². The number of nitrogens with one attached hydrogen (secondary N) is 2. The molecule has 2 aromatic carbocycles. The van der Waals surface area contributed by atoms with Crippen molar-refractivity contribution in [3.05, 3.63) is 69.9 Å². The Labute approximate surface area is 135 Å². The van der Waals surface area contributed by atoms with Gasteiger partial charge >= 0.3 is 0 Å². The Kier molecular flexibility index (Phi) is 4.01. The fraction of sp³-hybridized carbons (Fsp3) is 0. The molecule has 21 heavy (non-hydrogen) atoms. The molecular weight excluding hydrogens is 377 g/mol. The molecule has 0 fully saturated rings. The van der Waals surface area contributed by atoms with E-state index in [0.717, 1.165) is 20.5 Å². The summed E-state index contributed by atoms with van der Waals surface area (Å²) in [5, 5.41) is 9.79. The Balaban J connectivity index is 1.77. The van der Waals surface area contributed by atoms with E-state index in [-0.39, 0.29) is 5.91 Å². The Morgan fingerprint density at radius 1 is 1.05 bits per heavy atom. The molecule has 1 heterocycles. The topological polar surface area (TPSA) is 57.8 Å². The third-order valence-electron chi connectivity index (χ3n) is 2.99. The summed E-state index contributed by atoms with van der Waals surface area (Å²) in [4.78, 5) is 12.2. The van der Waals surface area contributed by atoms with Gasteiger partial charge < -0.3 is 5.32 Å². The van der Waals surface area contributed by atoms with E-state index in [1.807, 2.05) is 54.6 Å². The van der Waals surface area contributed by atoms with Crippen LogP contribution in [0, 0.1) is 3.57 Å². The molecular formula is C16H12IN3O. The summed E-state index contributed by atoms with van der Waals surface area (Å²) in [5.41, 5.74) is 2.93. The predicted molar refractivity (Wildman–Crippen MR) is 91.1 cm³/mol. The SMILES string of the molecule is O=C(Nc1ccc(I)cc1)c1cc(-c2ccccc2)n[nH]1. The van der Waals surface area contributed by atoms with Gasteiger partial charge in [-0.15, -0.1) is 0 Å². The molecule has 0 aliphatic heterocycles. The lowest BCUT2D eigenvalue weighted by Crippen LogP contribution is -2.12. The first-order valence-corrected chi connectivity index (χ1v) is 7.48. The summed E-state index contributed by atoms with van der Waals surface area (Å²) in [5.74, 6) is -0.203. The van der Waals surface area contributed by atoms with Gasteiger partial charge in [0.15, 0.2) is 0 Å². The number of nitrogens with zero attached hydrogens (tertiary/aromatic N) is 1. The van der Waals surface area contributed by atoms with E-state index in [4.69, 9.17) is 0 Å². The first-order valence-electron chi connectivity index (χ1n) is 6.40. The summed E-state index contributed by atoms with van der Waals surface area (Å²) >= 11 is 2.22. The van der Waals surface area contributed by atoms with Gasteiger partial charge in [-0.2, -0.15) is 5.10 Å². The van der Waals surface area contributed by atoms with Crippen molar-refractivity contribution in [1.29, 1.82) is 0 Å². The fourth-order valence-electron chi connectivity index (χ4n) is 1.93. The van der Waals surface area contributed by atoms with Crippen LogP contribution in [0.15, 0.2) is 60.7 Å². The summed E-state index contributed by atoms with van der Waals surface area (Å²) in [7, 11) is 0. The maximum Gasteiger partial charge on any atom is 0.273 e. The van der Waals surface area contributed by atoms with Gasteiger partial charge in [-0.25, -0.2) is 0 Å². The molecule has 3 aromatic rings. The fourth-order valence-corrected chi connectivity index (χ4v) is 2.29. The summed E-state index contributed by atoms with van der Waals surface area (Å²) < 4.78 is 1.12. The van der Waals surface area contributed by atoms with Crippen LogP contribution in [0.4, 0.5) is 5.69 Å². The molecule has 0 unspecified atom stereocenters. The van der Waals surface area contributed by atoms with Crippen LogP contribution < -0.4 is 5.32 Å². The molecule has 0 aliphatic rings. The maximum atomic E-state index is 12.2. The highest BCUT2D eigenvalue weighted by Gasteiger charge is 2.11. The van der Waals surface area contributed by atoms with Gasteiger partial charge in [-0.05, 0) is 52.9 Å². The van der Waals surface area contributed by atoms with E-state index in [1.54, 1.807) is 6.07 Å². The Morgan fingerprint density at radius 3 is 2.48 bits per heavy atom. The second-order valence-corrected chi connectivity index (χ2v) is 5.74. The van der Waals surface area contributed by atoms with Gasteiger partial charge in [0.2, 0.25) is 0 Å². The molecule has 0 aliphatic carbocycles. The Bertz CT molecular complexity index is 751. The summed E-state index contributed by atoms with van der Waals surface area (Å²) in [6.45, 7) is 0. The molecule has 5 heteroatoms. The van der Waals surface area contributed by atoms with Crippen LogP contribution in [-0.4, -0.2) is 16.1 Å². The number of amides is 1. The summed E-state index contributed by atoms with van der Waals surface area (Å²) in [6.07, 6.45) is 0. The zero-order valence-electron chi connectivity index (χ0n) is 11.0. The van der Waals surface area contributed by atoms with Crippen molar-refractivity contribution >= 4 is 34.2 Å². The van der Waals surface area contributed by atoms with Crippen LogP contribution in [0.2, 0.25) is 0 Å². The minimum atomic E-state index is -0.203. The first-order chi connectivity index (χ1) is 10.2. The lowest BCUT2D eigenvalue weighted by Gasteiger charge is -2.02. The third-order valence-corrected chi connectivity index (χ3v) is 3.71. The quantitative estimate of drug-likeness (QED) is 0.667. The molecule has 0 atom stereocenters. The molecule has 104 valence electrons. The lowest BCUT2D eigenvalue weighted by molar-refractivity contribution is 0.102. The van der Waals surface area contributed by atoms with E-state index in [9.17, 15) is 4.79 Å². The molecule has 4 nitrogen and oxygen atoms in total. The molecule has 3 rings (SSSR count). The van der Waals surface area contributed by atoms with Gasteiger partial charge in [0.05, 0.1) is 5.69 Å². The second kappa shape index (κ2) is 6.09. The van der Waals surface area contributed by atoms with Crippen molar-refractivity contribution in [1.82, 2.24) is 10.2 Å². The van der Waals surface area contributed by atoms with Crippen LogP contribution in [0.1, 0.15) is 10.5 Å². The molecule has 0 bridgehead atoms. The molecule has 0 saturated carbocycles. The van der Waals surface area contributed by atoms with E-state index in [0.29, 0.717) is 5.69 Å². The smallest absolute Gasteiger partial charge is 0.273 e. The molecule has 0 saturated heterocycles. The summed E-state index contributed by atoms with van der Waals surface area (Å²) in [6, 6.07) is 19.1. The maximum absolute atomic E-state index is 12.2. The average Bonchev–Trinajstić information content (AvgIpc) is 3.00. The molecule has 1 aromatic heterocycles. The largest absolute Gasteiger partial charge is 0.321 e. The number of carbonyl (C=O) groups is 1. The number of hydrogen-bond acceptors (Lipinski definition) is 2. The van der Waals surface area contributed by atoms with Crippen molar-refractivity contribution < 1.29 is 4.79 Å². The first kappa shape index (κ1) is 13.8. The normalized spacial score (nSPS) is 10.3. The van der Waals surface area contributed by atoms with Crippen molar-refractivity contribution in [2.45, 2.75) is 0 Å². The van der Waals surface area contributed by atoms with Gasteiger partial charge in [0.25, 0.3) is 5.91 Å². The average molecular weight is 389 g/mol. The number of aromatic amines is 1. The third kappa shape index (κ3) is 3.30. The predicted octanol–water partition coefficient (Wildman–Crippen LogP) is 3.93. The van der Waals surface area contributed by atoms with Gasteiger partial charge in [0, 0.05) is 14.8 Å². The lowest BCUT2D eigenvalue weighted by atomic mass is 10.1. The molecule has 1 amide bonds. The van der Waals surface area contributed by atoms with Gasteiger partial charge in [-0.1, -0.05) is 30.3 Å². The number of hydrogen-bond donors (Lipinski definition) is 2. The van der Waals surface area contributed by atoms with Crippen LogP contribution in [0.3, 0.4) is 0 Å². The standard InChI is InChI=1S/C16H12IN3O/c17-12-6-8-13(9-7-12)18-16(21)15-10-14(19-20-15)11-4-2-1-3-5-11/h1-10H,(H,18,21)(H,19,20). The molecule has 2 N–H and O–H groups in total. The zero-order valence-corrected chi connectivity index (χ0v) is 13.2. The highest BCUT2D eigenvalue weighted by atomic mass is 127. The van der Waals surface area contributed by atoms with Crippen LogP contribution in [0.25, 0.3) is 11.3 Å². The van der Waals surface area contributed by atoms with E-state index in [2.05, 4.69) is 38.1 Å². The number of rotatable bonds is 3. The van der Waals surface area contributed by atoms with Crippen molar-refractivity contribution in [3.8, 4) is 11.3 Å². The highest BCUT2D eigenvalue weighted by Crippen LogP contribution is 2.18. The Morgan fingerprint density at radius 2 is 1.76 bits per heavy atom. The van der Waals surface area contributed by atoms with Crippen LogP contribution in [0.5, 0.6) is 0 Å². The number of halogens is 1. The minimum Gasteiger partial charge on any atom is -0.321 e. The minimum absolute atomic E-state index is 0.203. The van der Waals surface area contributed by atoms with Crippen molar-refractivity contribution in [2.75, 3.05) is 5.32 Å². The van der Waals surface area contributed by atoms with E-state index >= 15 is 0 Å².